The minimum absolute atomic E-state index is 0.865. The van der Waals surface area contributed by atoms with Gasteiger partial charge in [-0.25, -0.2) is 0 Å². The molecule has 0 unspecified atom stereocenters. The van der Waals surface area contributed by atoms with E-state index in [0.29, 0.717) is 0 Å². The van der Waals surface area contributed by atoms with Crippen molar-refractivity contribution in [3.63, 3.8) is 0 Å². The van der Waals surface area contributed by atoms with Crippen LogP contribution in [-0.4, -0.2) is 19.1 Å². The van der Waals surface area contributed by atoms with Crippen LogP contribution in [-0.2, 0) is 6.42 Å². The molecule has 0 amide bonds. The highest BCUT2D eigenvalue weighted by Crippen LogP contribution is 2.31. The minimum Gasteiger partial charge on any atom is -0.308 e. The molecule has 4 heterocycles. The first-order chi connectivity index (χ1) is 19.3. The van der Waals surface area contributed by atoms with Crippen LogP contribution >= 0.6 is 0 Å². The third kappa shape index (κ3) is 3.41. The monoisotopic (exact) mass is 498 g/mol. The van der Waals surface area contributed by atoms with Crippen molar-refractivity contribution in [2.75, 3.05) is 0 Å². The summed E-state index contributed by atoms with van der Waals surface area (Å²) in [4.78, 5) is 9.29. The molecule has 0 bridgehead atoms. The normalized spacial score (nSPS) is 11.5. The number of nitrogens with zero attached hydrogens (tertiary/aromatic N) is 4. The first-order valence-corrected chi connectivity index (χ1v) is 13.1. The van der Waals surface area contributed by atoms with Crippen molar-refractivity contribution in [3.8, 4) is 11.4 Å². The smallest absolute Gasteiger partial charge is 0.107 e. The van der Waals surface area contributed by atoms with Gasteiger partial charge in [-0.15, -0.1) is 0 Å². The Labute approximate surface area is 225 Å². The quantitative estimate of drug-likeness (QED) is 0.248. The van der Waals surface area contributed by atoms with E-state index in [4.69, 9.17) is 0 Å². The van der Waals surface area contributed by atoms with Crippen LogP contribution < -0.4 is 0 Å². The van der Waals surface area contributed by atoms with Gasteiger partial charge in [0.1, 0.15) is 5.52 Å². The van der Waals surface area contributed by atoms with Crippen molar-refractivity contribution in [2.24, 2.45) is 0 Å². The lowest BCUT2D eigenvalue weighted by atomic mass is 10.0. The summed E-state index contributed by atoms with van der Waals surface area (Å²) >= 11 is 0. The summed E-state index contributed by atoms with van der Waals surface area (Å²) < 4.78 is 4.51. The lowest BCUT2D eigenvalue weighted by Gasteiger charge is -2.10. The zero-order chi connectivity index (χ0) is 25.8. The lowest BCUT2D eigenvalue weighted by Crippen LogP contribution is -1.96. The first-order valence-electron chi connectivity index (χ1n) is 13.1. The molecule has 182 valence electrons. The first kappa shape index (κ1) is 21.7. The molecular weight excluding hydrogens is 476 g/mol. The van der Waals surface area contributed by atoms with Crippen LogP contribution in [0.25, 0.3) is 55.2 Å². The lowest BCUT2D eigenvalue weighted by molar-refractivity contribution is 1.13. The number of aromatic nitrogens is 4. The molecule has 0 spiro atoms. The Morgan fingerprint density at radius 1 is 0.538 bits per heavy atom. The zero-order valence-corrected chi connectivity index (χ0v) is 21.0. The second kappa shape index (κ2) is 8.58. The summed E-state index contributed by atoms with van der Waals surface area (Å²) in [5.41, 5.74) is 11.2. The van der Waals surface area contributed by atoms with Gasteiger partial charge in [0.15, 0.2) is 0 Å². The summed E-state index contributed by atoms with van der Waals surface area (Å²) in [6.45, 7) is 0. The Kier molecular flexibility index (Phi) is 4.77. The number of benzene rings is 3. The molecule has 0 aliphatic rings. The fourth-order valence-electron chi connectivity index (χ4n) is 5.75. The van der Waals surface area contributed by atoms with Gasteiger partial charge in [-0.3, -0.25) is 9.97 Å². The number of fused-ring (bicyclic) bond motifs is 6. The Hall–Kier alpha value is -5.40. The molecule has 4 aromatic carbocycles. The van der Waals surface area contributed by atoms with E-state index >= 15 is 0 Å². The number of rotatable bonds is 4. The molecule has 39 heavy (non-hydrogen) atoms. The summed E-state index contributed by atoms with van der Waals surface area (Å²) in [5, 5.41) is 2.26. The van der Waals surface area contributed by atoms with Crippen LogP contribution in [0.5, 0.6) is 0 Å². The fourth-order valence-corrected chi connectivity index (χ4v) is 5.75. The van der Waals surface area contributed by atoms with Crippen LogP contribution in [0.4, 0.5) is 0 Å². The second-order valence-electron chi connectivity index (χ2n) is 9.80. The van der Waals surface area contributed by atoms with Crippen LogP contribution in [0.1, 0.15) is 11.1 Å². The van der Waals surface area contributed by atoms with E-state index in [1.54, 1.807) is 0 Å². The van der Waals surface area contributed by atoms with Crippen LogP contribution in [0.15, 0.2) is 122 Å². The Morgan fingerprint density at radius 2 is 1.13 bits per heavy atom. The van der Waals surface area contributed by atoms with E-state index in [9.17, 15) is 0 Å². The highest BCUT2D eigenvalue weighted by molar-refractivity contribution is 6.07. The maximum absolute atomic E-state index is 4.66. The molecule has 4 nitrogen and oxygen atoms in total. The predicted octanol–water partition coefficient (Wildman–Crippen LogP) is 7.86. The molecule has 8 rings (SSSR count). The van der Waals surface area contributed by atoms with E-state index in [1.807, 2.05) is 30.6 Å². The van der Waals surface area contributed by atoms with E-state index < -0.39 is 0 Å². The third-order valence-corrected chi connectivity index (χ3v) is 7.51. The highest BCUT2D eigenvalue weighted by Gasteiger charge is 2.14. The molecule has 0 saturated heterocycles. The molecule has 8 aromatic rings. The number of pyridine rings is 2. The van der Waals surface area contributed by atoms with Crippen LogP contribution in [0.3, 0.4) is 0 Å². The average molecular weight is 499 g/mol. The molecule has 4 heteroatoms. The Balaban J connectivity index is 1.12. The van der Waals surface area contributed by atoms with Gasteiger partial charge in [0.05, 0.1) is 27.6 Å². The standard InChI is InChI=1S/C35H22N4/c1-3-9-30-28(7-1)34-32(11-5-21-36-34)38(30)26-17-13-24(14-18-26)23-25-15-19-27(20-16-25)39-31-10-4-2-8-29(31)35-33(39)12-6-22-37-35/h1-3,5-9,11-22H,23H2. The van der Waals surface area contributed by atoms with Gasteiger partial charge in [-0.05, 0) is 90.3 Å². The van der Waals surface area contributed by atoms with Gasteiger partial charge in [0.25, 0.3) is 0 Å². The van der Waals surface area contributed by atoms with Crippen molar-refractivity contribution in [2.45, 2.75) is 6.42 Å². The maximum atomic E-state index is 4.66. The molecule has 0 N–H and O–H groups in total. The Bertz CT molecular complexity index is 1870. The van der Waals surface area contributed by atoms with Crippen molar-refractivity contribution in [1.29, 1.82) is 0 Å². The predicted molar refractivity (Wildman–Crippen MR) is 158 cm³/mol. The van der Waals surface area contributed by atoms with Gasteiger partial charge in [0.2, 0.25) is 0 Å². The maximum Gasteiger partial charge on any atom is 0.107 e. The molecule has 0 atom stereocenters. The summed E-state index contributed by atoms with van der Waals surface area (Å²) in [5.74, 6) is 0. The SMILES string of the molecule is c1ccc2c3ncccc3n(-c3ccc(Cc4ccc(-n5c6ccccc6c6ncccc65)cc4)cc3)c2c#1. The van der Waals surface area contributed by atoms with Crippen molar-refractivity contribution >= 4 is 43.9 Å². The summed E-state index contributed by atoms with van der Waals surface area (Å²) in [6, 6.07) is 44.7. The highest BCUT2D eigenvalue weighted by atomic mass is 15.0. The third-order valence-electron chi connectivity index (χ3n) is 7.51. The van der Waals surface area contributed by atoms with E-state index in [-0.39, 0.29) is 0 Å². The van der Waals surface area contributed by atoms with Crippen LogP contribution in [0, 0.1) is 12.1 Å². The number of para-hydroxylation sites is 1. The van der Waals surface area contributed by atoms with Gasteiger partial charge >= 0.3 is 0 Å². The number of hydrogen-bond donors (Lipinski definition) is 0. The van der Waals surface area contributed by atoms with Crippen molar-refractivity contribution in [3.05, 3.63) is 145 Å². The topological polar surface area (TPSA) is 35.6 Å². The van der Waals surface area contributed by atoms with Crippen molar-refractivity contribution in [1.82, 2.24) is 19.1 Å². The molecular formula is C35H22N4. The molecule has 0 aliphatic carbocycles. The van der Waals surface area contributed by atoms with E-state index in [1.165, 1.54) is 22.0 Å². The second-order valence-corrected chi connectivity index (χ2v) is 9.80. The summed E-state index contributed by atoms with van der Waals surface area (Å²) in [6.07, 6.45) is 4.57. The average Bonchev–Trinajstić information content (AvgIpc) is 3.51. The largest absolute Gasteiger partial charge is 0.308 e. The molecule has 0 aliphatic heterocycles. The minimum atomic E-state index is 0.865. The fraction of sp³-hybridized carbons (Fsp3) is 0.0286. The molecule has 4 aromatic heterocycles. The van der Waals surface area contributed by atoms with Gasteiger partial charge in [0, 0.05) is 34.5 Å². The van der Waals surface area contributed by atoms with Crippen molar-refractivity contribution < 1.29 is 0 Å². The van der Waals surface area contributed by atoms with Gasteiger partial charge < -0.3 is 9.13 Å². The Morgan fingerprint density at radius 3 is 1.85 bits per heavy atom. The number of hydrogen-bond acceptors (Lipinski definition) is 2. The summed E-state index contributed by atoms with van der Waals surface area (Å²) in [7, 11) is 0. The van der Waals surface area contributed by atoms with E-state index in [2.05, 4.69) is 122 Å². The molecule has 0 radical (unpaired) electrons. The van der Waals surface area contributed by atoms with Gasteiger partial charge in [-0.2, -0.15) is 0 Å². The zero-order valence-electron chi connectivity index (χ0n) is 21.0. The van der Waals surface area contributed by atoms with Gasteiger partial charge in [-0.1, -0.05) is 48.5 Å². The molecule has 0 saturated carbocycles. The molecule has 0 fully saturated rings. The van der Waals surface area contributed by atoms with Crippen LogP contribution in [0.2, 0.25) is 0 Å². The van der Waals surface area contributed by atoms with E-state index in [0.717, 1.165) is 50.8 Å².